The van der Waals surface area contributed by atoms with Crippen LogP contribution in [0.1, 0.15) is 11.1 Å². The first-order valence-electron chi connectivity index (χ1n) is 7.10. The predicted octanol–water partition coefficient (Wildman–Crippen LogP) is 3.47. The lowest BCUT2D eigenvalue weighted by Crippen LogP contribution is -2.01. The molecule has 3 N–H and O–H groups in total. The summed E-state index contributed by atoms with van der Waals surface area (Å²) < 4.78 is 65.1. The van der Waals surface area contributed by atoms with Crippen LogP contribution in [0.5, 0.6) is 0 Å². The van der Waals surface area contributed by atoms with Crippen LogP contribution in [0.3, 0.4) is 0 Å². The Morgan fingerprint density at radius 1 is 0.857 bits per heavy atom. The molecule has 0 heterocycles. The second kappa shape index (κ2) is 8.10. The molecule has 0 saturated carbocycles. The molecule has 2 aromatic rings. The minimum Gasteiger partial charge on any atom is -0.282 e. The Morgan fingerprint density at radius 3 is 1.64 bits per heavy atom. The maximum absolute atomic E-state index is 11.6. The maximum atomic E-state index is 11.6. The summed E-state index contributed by atoms with van der Waals surface area (Å²) in [7, 11) is -9.35. The van der Waals surface area contributed by atoms with E-state index in [1.165, 1.54) is 36.4 Å². The number of azide groups is 1. The third kappa shape index (κ3) is 5.08. The monoisotopic (exact) mass is 423 g/mol. The molecule has 0 aromatic heterocycles. The van der Waals surface area contributed by atoms with Gasteiger partial charge in [0.1, 0.15) is 15.3 Å². The Labute approximate surface area is 158 Å². The average molecular weight is 423 g/mol. The van der Waals surface area contributed by atoms with Gasteiger partial charge in [-0.3, -0.25) is 9.11 Å². The molecular weight excluding hydrogens is 412 g/mol. The molecule has 0 aliphatic heterocycles. The Hall–Kier alpha value is -3.38. The Kier molecular flexibility index (Phi) is 6.06. The molecule has 14 heteroatoms. The second-order valence-electron chi connectivity index (χ2n) is 5.12. The zero-order chi connectivity index (χ0) is 20.9. The van der Waals surface area contributed by atoms with Crippen molar-refractivity contribution in [2.24, 2.45) is 10.2 Å². The van der Waals surface area contributed by atoms with Gasteiger partial charge in [0.15, 0.2) is 10.8 Å². The van der Waals surface area contributed by atoms with Crippen molar-refractivity contribution in [3.8, 4) is 0 Å². The largest absolute Gasteiger partial charge is 0.295 e. The summed E-state index contributed by atoms with van der Waals surface area (Å²) in [5, 5.41) is 6.60. The van der Waals surface area contributed by atoms with E-state index in [4.69, 9.17) is 11.1 Å². The van der Waals surface area contributed by atoms with Crippen LogP contribution < -0.4 is 4.91 Å². The first-order valence-corrected chi connectivity index (χ1v) is 9.98. The zero-order valence-corrected chi connectivity index (χ0v) is 15.3. The summed E-state index contributed by atoms with van der Waals surface area (Å²) >= 11 is 0. The highest BCUT2D eigenvalue weighted by Gasteiger charge is 2.17. The van der Waals surface area contributed by atoms with Crippen LogP contribution in [0.15, 0.2) is 56.4 Å². The standard InChI is InChI=1S/C14H10N6O6S2/c15-19-17-11-5-3-9(13(7-11)27(21,22)23)1-2-10-4-6-12(18-20-16)8-14(10)28(24,25)26/h1-8,15H,(H-,21,22,23,24,25,26)/p+1/b2-1+. The molecule has 0 saturated heterocycles. The van der Waals surface area contributed by atoms with E-state index in [0.29, 0.717) is 0 Å². The van der Waals surface area contributed by atoms with Crippen molar-refractivity contribution in [1.29, 1.82) is 5.53 Å². The molecule has 0 bridgehead atoms. The summed E-state index contributed by atoms with van der Waals surface area (Å²) in [6, 6.07) is 7.01. The smallest absolute Gasteiger partial charge is 0.282 e. The highest BCUT2D eigenvalue weighted by atomic mass is 32.2. The average Bonchev–Trinajstić information content (AvgIpc) is 2.60. The molecule has 0 aliphatic carbocycles. The molecule has 12 nitrogen and oxygen atoms in total. The van der Waals surface area contributed by atoms with Gasteiger partial charge in [-0.2, -0.15) is 16.8 Å². The molecular formula is C14H11N6O6S2+. The Bertz CT molecular complexity index is 1170. The van der Waals surface area contributed by atoms with E-state index in [0.717, 1.165) is 12.1 Å². The van der Waals surface area contributed by atoms with Crippen molar-refractivity contribution in [2.75, 3.05) is 0 Å². The van der Waals surface area contributed by atoms with Gasteiger partial charge in [-0.25, -0.2) is 0 Å². The maximum Gasteiger partial charge on any atom is 0.295 e. The van der Waals surface area contributed by atoms with Crippen molar-refractivity contribution >= 4 is 43.8 Å². The van der Waals surface area contributed by atoms with Gasteiger partial charge in [0.25, 0.3) is 20.2 Å². The summed E-state index contributed by atoms with van der Waals surface area (Å²) in [5.74, 6) is 0. The molecule has 0 aliphatic rings. The van der Waals surface area contributed by atoms with Gasteiger partial charge in [0.2, 0.25) is 4.91 Å². The van der Waals surface area contributed by atoms with Gasteiger partial charge < -0.3 is 0 Å². The second-order valence-corrected chi connectivity index (χ2v) is 7.90. The van der Waals surface area contributed by atoms with Crippen molar-refractivity contribution < 1.29 is 25.9 Å². The van der Waals surface area contributed by atoms with E-state index in [-0.39, 0.29) is 22.5 Å². The Balaban J connectivity index is 2.63. The molecule has 28 heavy (non-hydrogen) atoms. The van der Waals surface area contributed by atoms with Crippen LogP contribution in [0, 0.1) is 5.53 Å². The first-order chi connectivity index (χ1) is 13.1. The fourth-order valence-corrected chi connectivity index (χ4v) is 3.59. The van der Waals surface area contributed by atoms with Gasteiger partial charge in [0, 0.05) is 10.6 Å². The molecule has 0 spiro atoms. The van der Waals surface area contributed by atoms with Crippen LogP contribution in [0.4, 0.5) is 11.4 Å². The van der Waals surface area contributed by atoms with Crippen LogP contribution in [-0.4, -0.2) is 25.9 Å². The molecule has 2 rings (SSSR count). The van der Waals surface area contributed by atoms with E-state index in [1.807, 2.05) is 0 Å². The lowest BCUT2D eigenvalue weighted by atomic mass is 10.1. The third-order valence-corrected chi connectivity index (χ3v) is 5.14. The first kappa shape index (κ1) is 20.9. The fourth-order valence-electron chi connectivity index (χ4n) is 2.18. The lowest BCUT2D eigenvalue weighted by molar-refractivity contribution is 0.480. The lowest BCUT2D eigenvalue weighted by Gasteiger charge is -2.05. The fraction of sp³-hybridized carbons (Fsp3) is 0. The molecule has 2 aromatic carbocycles. The van der Waals surface area contributed by atoms with E-state index in [9.17, 15) is 25.9 Å². The van der Waals surface area contributed by atoms with E-state index in [1.54, 1.807) is 0 Å². The minimum absolute atomic E-state index is 0.00267. The highest BCUT2D eigenvalue weighted by molar-refractivity contribution is 7.86. The van der Waals surface area contributed by atoms with Gasteiger partial charge in [0.05, 0.1) is 0 Å². The topological polar surface area (TPSA) is 208 Å². The number of nitrogens with one attached hydrogen (secondary N) is 1. The molecule has 0 fully saturated rings. The molecule has 144 valence electrons. The van der Waals surface area contributed by atoms with Gasteiger partial charge in [-0.15, -0.1) is 0 Å². The number of benzene rings is 2. The number of rotatable bonds is 6. The molecule has 0 radical (unpaired) electrons. The van der Waals surface area contributed by atoms with Crippen molar-refractivity contribution in [2.45, 2.75) is 9.79 Å². The van der Waals surface area contributed by atoms with Crippen LogP contribution >= 0.6 is 0 Å². The van der Waals surface area contributed by atoms with E-state index < -0.39 is 30.0 Å². The summed E-state index contributed by atoms with van der Waals surface area (Å²) in [6.07, 6.45) is 2.36. The SMILES string of the molecule is [N-]=[N+]=Nc1ccc(/C=C/c2ccc(N=[N+]=N)cc2S(=O)(=O)O)c(S(=O)(=O)O)c1. The van der Waals surface area contributed by atoms with Gasteiger partial charge >= 0.3 is 0 Å². The molecule has 0 atom stereocenters. The summed E-state index contributed by atoms with van der Waals surface area (Å²) in [6.45, 7) is 0. The zero-order valence-electron chi connectivity index (χ0n) is 13.7. The van der Waals surface area contributed by atoms with Crippen molar-refractivity contribution in [1.82, 2.24) is 4.91 Å². The highest BCUT2D eigenvalue weighted by Crippen LogP contribution is 2.27. The number of hydrogen-bond donors (Lipinski definition) is 3. The summed E-state index contributed by atoms with van der Waals surface area (Å²) in [4.78, 5) is 4.17. The quantitative estimate of drug-likeness (QED) is 0.208. The molecule has 0 unspecified atom stereocenters. The third-order valence-electron chi connectivity index (χ3n) is 3.32. The minimum atomic E-state index is -4.68. The number of hydrogen-bond acceptors (Lipinski definition) is 7. The Morgan fingerprint density at radius 2 is 1.29 bits per heavy atom. The predicted molar refractivity (Wildman–Crippen MR) is 97.2 cm³/mol. The summed E-state index contributed by atoms with van der Waals surface area (Å²) in [5.41, 5.74) is 15.0. The number of nitrogens with zero attached hydrogens (tertiary/aromatic N) is 5. The van der Waals surface area contributed by atoms with Gasteiger partial charge in [-0.05, 0) is 34.9 Å². The van der Waals surface area contributed by atoms with Crippen molar-refractivity contribution in [3.63, 3.8) is 0 Å². The van der Waals surface area contributed by atoms with E-state index >= 15 is 0 Å². The van der Waals surface area contributed by atoms with Crippen LogP contribution in [0.2, 0.25) is 0 Å². The van der Waals surface area contributed by atoms with Crippen molar-refractivity contribution in [3.05, 3.63) is 58.0 Å². The van der Waals surface area contributed by atoms with Gasteiger partial charge in [-0.1, -0.05) is 35.5 Å². The molecule has 0 amide bonds. The van der Waals surface area contributed by atoms with Crippen LogP contribution in [-0.2, 0) is 20.2 Å². The van der Waals surface area contributed by atoms with E-state index in [2.05, 4.69) is 20.1 Å². The van der Waals surface area contributed by atoms with Crippen LogP contribution in [0.25, 0.3) is 22.6 Å². The normalized spacial score (nSPS) is 11.6.